The number of rotatable bonds is 8. The topological polar surface area (TPSA) is 65.1 Å². The molecule has 5 nitrogen and oxygen atoms in total. The number of nitrogens with zero attached hydrogens (tertiary/aromatic N) is 2. The van der Waals surface area contributed by atoms with Crippen LogP contribution in [-0.4, -0.2) is 29.0 Å². The van der Waals surface area contributed by atoms with E-state index in [1.807, 2.05) is 24.4 Å². The molecule has 2 aromatic carbocycles. The number of aromatic amines is 1. The number of guanidine groups is 1. The van der Waals surface area contributed by atoms with Gasteiger partial charge in [-0.1, -0.05) is 60.7 Å². The number of aliphatic imine (C=N–C) groups is 1. The van der Waals surface area contributed by atoms with Gasteiger partial charge in [0.2, 0.25) is 0 Å². The van der Waals surface area contributed by atoms with Crippen LogP contribution in [0.2, 0.25) is 0 Å². The molecule has 0 aliphatic rings. The Kier molecular flexibility index (Phi) is 9.54. The Labute approximate surface area is 184 Å². The number of H-pyrrole nitrogens is 1. The average Bonchev–Trinajstić information content (AvgIpc) is 3.20. The lowest BCUT2D eigenvalue weighted by molar-refractivity contribution is 0.741. The van der Waals surface area contributed by atoms with Crippen LogP contribution in [0.4, 0.5) is 0 Å². The Balaban J connectivity index is 0.00000280. The van der Waals surface area contributed by atoms with Crippen molar-refractivity contribution in [1.82, 2.24) is 20.6 Å². The van der Waals surface area contributed by atoms with Crippen LogP contribution >= 0.6 is 24.0 Å². The highest BCUT2D eigenvalue weighted by atomic mass is 127. The van der Waals surface area contributed by atoms with Gasteiger partial charge < -0.3 is 15.6 Å². The first-order valence-corrected chi connectivity index (χ1v) is 9.50. The molecule has 0 radical (unpaired) electrons. The maximum atomic E-state index is 4.64. The smallest absolute Gasteiger partial charge is 0.191 e. The van der Waals surface area contributed by atoms with Crippen molar-refractivity contribution in [2.75, 3.05) is 13.1 Å². The summed E-state index contributed by atoms with van der Waals surface area (Å²) in [5, 5.41) is 6.68. The quantitative estimate of drug-likeness (QED) is 0.191. The standard InChI is InChI=1S/C22H27N5.HI/c1-2-23-22(24-15-9-12-18-10-5-3-6-11-18)26-17-21-25-16-20(27-21)19-13-7-4-8-14-19;/h3-8,10-11,13-14,16H,2,9,12,15,17H2,1H3,(H,25,27)(H2,23,24,26);1H. The Hall–Kier alpha value is -2.35. The van der Waals surface area contributed by atoms with E-state index in [2.05, 4.69) is 75.0 Å². The van der Waals surface area contributed by atoms with Crippen LogP contribution in [0.15, 0.2) is 71.9 Å². The van der Waals surface area contributed by atoms with Crippen LogP contribution < -0.4 is 10.6 Å². The van der Waals surface area contributed by atoms with Crippen molar-refractivity contribution >= 4 is 29.9 Å². The maximum absolute atomic E-state index is 4.64. The number of nitrogens with one attached hydrogen (secondary N) is 3. The first-order valence-electron chi connectivity index (χ1n) is 9.50. The highest BCUT2D eigenvalue weighted by Crippen LogP contribution is 2.16. The molecule has 3 rings (SSSR count). The predicted molar refractivity (Wildman–Crippen MR) is 127 cm³/mol. The number of benzene rings is 2. The molecule has 0 bridgehead atoms. The molecular weight excluding hydrogens is 461 g/mol. The van der Waals surface area contributed by atoms with E-state index in [4.69, 9.17) is 0 Å². The van der Waals surface area contributed by atoms with Crippen molar-refractivity contribution < 1.29 is 0 Å². The van der Waals surface area contributed by atoms with E-state index in [9.17, 15) is 0 Å². The first kappa shape index (κ1) is 21.9. The fraction of sp³-hybridized carbons (Fsp3) is 0.273. The Morgan fingerprint density at radius 1 is 1.00 bits per heavy atom. The second-order valence-electron chi connectivity index (χ2n) is 6.32. The lowest BCUT2D eigenvalue weighted by Gasteiger charge is -2.11. The minimum absolute atomic E-state index is 0. The van der Waals surface area contributed by atoms with Gasteiger partial charge >= 0.3 is 0 Å². The van der Waals surface area contributed by atoms with E-state index in [1.54, 1.807) is 0 Å². The predicted octanol–water partition coefficient (Wildman–Crippen LogP) is 4.38. The molecule has 6 heteroatoms. The van der Waals surface area contributed by atoms with E-state index >= 15 is 0 Å². The monoisotopic (exact) mass is 489 g/mol. The third kappa shape index (κ3) is 6.99. The number of aryl methyl sites for hydroxylation is 1. The fourth-order valence-corrected chi connectivity index (χ4v) is 2.85. The third-order valence-corrected chi connectivity index (χ3v) is 4.22. The molecule has 0 saturated heterocycles. The van der Waals surface area contributed by atoms with Gasteiger partial charge in [-0.05, 0) is 30.9 Å². The summed E-state index contributed by atoms with van der Waals surface area (Å²) in [5.41, 5.74) is 3.51. The highest BCUT2D eigenvalue weighted by molar-refractivity contribution is 14.0. The fourth-order valence-electron chi connectivity index (χ4n) is 2.85. The molecule has 0 spiro atoms. The zero-order valence-electron chi connectivity index (χ0n) is 16.2. The van der Waals surface area contributed by atoms with Crippen LogP contribution in [0.1, 0.15) is 24.7 Å². The van der Waals surface area contributed by atoms with Crippen molar-refractivity contribution in [3.05, 3.63) is 78.2 Å². The lowest BCUT2D eigenvalue weighted by atomic mass is 10.1. The highest BCUT2D eigenvalue weighted by Gasteiger charge is 2.03. The average molecular weight is 489 g/mol. The van der Waals surface area contributed by atoms with Gasteiger partial charge in [0.05, 0.1) is 11.9 Å². The molecule has 3 aromatic rings. The Morgan fingerprint density at radius 3 is 2.43 bits per heavy atom. The summed E-state index contributed by atoms with van der Waals surface area (Å²) >= 11 is 0. The van der Waals surface area contributed by atoms with Crippen LogP contribution in [-0.2, 0) is 13.0 Å². The summed E-state index contributed by atoms with van der Waals surface area (Å²) in [5.74, 6) is 1.68. The molecular formula is C22H28IN5. The van der Waals surface area contributed by atoms with E-state index in [1.165, 1.54) is 5.56 Å². The number of hydrogen-bond donors (Lipinski definition) is 3. The molecule has 0 saturated carbocycles. The Bertz CT molecular complexity index is 830. The van der Waals surface area contributed by atoms with E-state index in [0.29, 0.717) is 6.54 Å². The van der Waals surface area contributed by atoms with E-state index in [-0.39, 0.29) is 24.0 Å². The lowest BCUT2D eigenvalue weighted by Crippen LogP contribution is -2.37. The second kappa shape index (κ2) is 12.2. The second-order valence-corrected chi connectivity index (χ2v) is 6.32. The number of aromatic nitrogens is 2. The van der Waals surface area contributed by atoms with Gasteiger partial charge in [0.25, 0.3) is 0 Å². The molecule has 1 aromatic heterocycles. The molecule has 0 amide bonds. The van der Waals surface area contributed by atoms with Gasteiger partial charge in [-0.25, -0.2) is 9.98 Å². The van der Waals surface area contributed by atoms with Gasteiger partial charge in [0.1, 0.15) is 12.4 Å². The zero-order chi connectivity index (χ0) is 18.7. The molecule has 0 aliphatic carbocycles. The third-order valence-electron chi connectivity index (χ3n) is 4.22. The summed E-state index contributed by atoms with van der Waals surface area (Å²) in [7, 11) is 0. The Morgan fingerprint density at radius 2 is 1.71 bits per heavy atom. The summed E-state index contributed by atoms with van der Waals surface area (Å²) in [6, 6.07) is 20.8. The van der Waals surface area contributed by atoms with Gasteiger partial charge in [0, 0.05) is 13.1 Å². The largest absolute Gasteiger partial charge is 0.357 e. The molecule has 1 heterocycles. The number of hydrogen-bond acceptors (Lipinski definition) is 2. The van der Waals surface area contributed by atoms with E-state index < -0.39 is 0 Å². The summed E-state index contributed by atoms with van der Waals surface area (Å²) in [6.45, 7) is 4.30. The van der Waals surface area contributed by atoms with Crippen molar-refractivity contribution in [2.45, 2.75) is 26.3 Å². The van der Waals surface area contributed by atoms with Gasteiger partial charge in [-0.3, -0.25) is 0 Å². The maximum Gasteiger partial charge on any atom is 0.191 e. The summed E-state index contributed by atoms with van der Waals surface area (Å²) in [4.78, 5) is 12.4. The first-order chi connectivity index (χ1) is 13.3. The van der Waals surface area contributed by atoms with Crippen LogP contribution in [0, 0.1) is 0 Å². The minimum atomic E-state index is 0. The zero-order valence-corrected chi connectivity index (χ0v) is 18.5. The molecule has 3 N–H and O–H groups in total. The molecule has 0 fully saturated rings. The van der Waals surface area contributed by atoms with Crippen molar-refractivity contribution in [3.63, 3.8) is 0 Å². The number of halogens is 1. The van der Waals surface area contributed by atoms with Crippen LogP contribution in [0.5, 0.6) is 0 Å². The van der Waals surface area contributed by atoms with Crippen molar-refractivity contribution in [3.8, 4) is 11.3 Å². The molecule has 148 valence electrons. The minimum Gasteiger partial charge on any atom is -0.357 e. The van der Waals surface area contributed by atoms with Gasteiger partial charge in [0.15, 0.2) is 5.96 Å². The van der Waals surface area contributed by atoms with Gasteiger partial charge in [-0.15, -0.1) is 24.0 Å². The van der Waals surface area contributed by atoms with Crippen molar-refractivity contribution in [2.24, 2.45) is 4.99 Å². The molecule has 0 unspecified atom stereocenters. The molecule has 28 heavy (non-hydrogen) atoms. The molecule has 0 atom stereocenters. The summed E-state index contributed by atoms with van der Waals surface area (Å²) in [6.07, 6.45) is 3.99. The summed E-state index contributed by atoms with van der Waals surface area (Å²) < 4.78 is 0. The van der Waals surface area contributed by atoms with Crippen LogP contribution in [0.3, 0.4) is 0 Å². The van der Waals surface area contributed by atoms with E-state index in [0.717, 1.165) is 49.0 Å². The molecule has 0 aliphatic heterocycles. The van der Waals surface area contributed by atoms with Gasteiger partial charge in [-0.2, -0.15) is 0 Å². The number of imidazole rings is 1. The van der Waals surface area contributed by atoms with Crippen LogP contribution in [0.25, 0.3) is 11.3 Å². The SMILES string of the molecule is CCNC(=NCc1ncc(-c2ccccc2)[nH]1)NCCCc1ccccc1.I. The normalized spacial score (nSPS) is 11.0. The van der Waals surface area contributed by atoms with Crippen molar-refractivity contribution in [1.29, 1.82) is 0 Å².